The maximum absolute atomic E-state index is 12.8. The van der Waals surface area contributed by atoms with Crippen LogP contribution in [0.5, 0.6) is 0 Å². The molecule has 2 heterocycles. The van der Waals surface area contributed by atoms with Gasteiger partial charge < -0.3 is 14.4 Å². The number of hydrogen-bond donors (Lipinski definition) is 1. The molecule has 0 fully saturated rings. The third-order valence-electron chi connectivity index (χ3n) is 4.09. The average Bonchev–Trinajstić information content (AvgIpc) is 3.01. The fourth-order valence-electron chi connectivity index (χ4n) is 2.92. The van der Waals surface area contributed by atoms with Gasteiger partial charge in [0.1, 0.15) is 11.8 Å². The van der Waals surface area contributed by atoms with Gasteiger partial charge in [-0.25, -0.2) is 4.79 Å². The molecule has 0 bridgehead atoms. The molecule has 1 unspecified atom stereocenters. The second kappa shape index (κ2) is 5.67. The Hall–Kier alpha value is -2.56. The summed E-state index contributed by atoms with van der Waals surface area (Å²) in [5.41, 5.74) is 2.44. The lowest BCUT2D eigenvalue weighted by Gasteiger charge is -2.34. The van der Waals surface area contributed by atoms with E-state index in [2.05, 4.69) is 0 Å². The number of fused-ring (bicyclic) bond motifs is 1. The Morgan fingerprint density at radius 3 is 2.68 bits per heavy atom. The van der Waals surface area contributed by atoms with Gasteiger partial charge in [-0.3, -0.25) is 4.79 Å². The highest BCUT2D eigenvalue weighted by Crippen LogP contribution is 2.26. The molecule has 0 saturated carbocycles. The molecule has 0 saturated heterocycles. The molecule has 5 nitrogen and oxygen atoms in total. The molecular formula is C17H17NO4. The third kappa shape index (κ3) is 2.39. The lowest BCUT2D eigenvalue weighted by Crippen LogP contribution is -2.48. The molecule has 114 valence electrons. The molecule has 22 heavy (non-hydrogen) atoms. The molecule has 1 atom stereocenters. The number of benzene rings is 1. The van der Waals surface area contributed by atoms with E-state index in [9.17, 15) is 14.7 Å². The second-order valence-electron chi connectivity index (χ2n) is 5.37. The first kappa shape index (κ1) is 14.4. The van der Waals surface area contributed by atoms with Gasteiger partial charge in [0.15, 0.2) is 0 Å². The lowest BCUT2D eigenvalue weighted by molar-refractivity contribution is -0.142. The normalized spacial score (nSPS) is 17.1. The first-order chi connectivity index (χ1) is 10.6. The van der Waals surface area contributed by atoms with Crippen LogP contribution < -0.4 is 0 Å². The summed E-state index contributed by atoms with van der Waals surface area (Å²) in [6.07, 6.45) is 2.40. The number of nitrogens with zero attached hydrogens (tertiary/aromatic N) is 1. The Morgan fingerprint density at radius 2 is 2.00 bits per heavy atom. The number of aryl methyl sites for hydroxylation is 1. The maximum Gasteiger partial charge on any atom is 0.326 e. The summed E-state index contributed by atoms with van der Waals surface area (Å²) in [6.45, 7) is 2.20. The predicted molar refractivity (Wildman–Crippen MR) is 79.5 cm³/mol. The topological polar surface area (TPSA) is 70.8 Å². The number of furan rings is 1. The number of aliphatic carboxylic acids is 1. The van der Waals surface area contributed by atoms with Crippen molar-refractivity contribution < 1.29 is 19.1 Å². The molecule has 2 aromatic rings. The monoisotopic (exact) mass is 299 g/mol. The van der Waals surface area contributed by atoms with Crippen LogP contribution in [0, 0.1) is 0 Å². The molecule has 1 amide bonds. The predicted octanol–water partition coefficient (Wildman–Crippen LogP) is 2.49. The van der Waals surface area contributed by atoms with Crippen molar-refractivity contribution in [1.29, 1.82) is 0 Å². The van der Waals surface area contributed by atoms with E-state index in [-0.39, 0.29) is 5.91 Å². The summed E-state index contributed by atoms with van der Waals surface area (Å²) in [4.78, 5) is 25.8. The summed E-state index contributed by atoms with van der Waals surface area (Å²) < 4.78 is 5.30. The Labute approximate surface area is 128 Å². The molecule has 1 aromatic carbocycles. The number of carbonyl (C=O) groups excluding carboxylic acids is 1. The first-order valence-electron chi connectivity index (χ1n) is 7.28. The zero-order valence-electron chi connectivity index (χ0n) is 12.3. The minimum absolute atomic E-state index is 0.285. The van der Waals surface area contributed by atoms with Crippen LogP contribution in [-0.4, -0.2) is 27.9 Å². The van der Waals surface area contributed by atoms with E-state index in [0.717, 1.165) is 11.1 Å². The van der Waals surface area contributed by atoms with Crippen LogP contribution in [0.4, 0.5) is 0 Å². The summed E-state index contributed by atoms with van der Waals surface area (Å²) >= 11 is 0. The highest BCUT2D eigenvalue weighted by Gasteiger charge is 2.35. The van der Waals surface area contributed by atoms with Crippen molar-refractivity contribution >= 4 is 11.9 Å². The average molecular weight is 299 g/mol. The van der Waals surface area contributed by atoms with Crippen LogP contribution in [0.1, 0.15) is 34.2 Å². The van der Waals surface area contributed by atoms with E-state index in [1.807, 2.05) is 31.2 Å². The van der Waals surface area contributed by atoms with Gasteiger partial charge in [0.2, 0.25) is 0 Å². The smallest absolute Gasteiger partial charge is 0.326 e. The van der Waals surface area contributed by atoms with Gasteiger partial charge in [0.05, 0.1) is 11.8 Å². The van der Waals surface area contributed by atoms with Crippen molar-refractivity contribution in [1.82, 2.24) is 4.90 Å². The summed E-state index contributed by atoms with van der Waals surface area (Å²) in [5, 5.41) is 9.49. The van der Waals surface area contributed by atoms with Crippen molar-refractivity contribution in [3.8, 4) is 0 Å². The molecule has 0 radical (unpaired) electrons. The Kier molecular flexibility index (Phi) is 3.71. The fourth-order valence-corrected chi connectivity index (χ4v) is 2.92. The molecule has 0 spiro atoms. The summed E-state index contributed by atoms with van der Waals surface area (Å²) in [7, 11) is 0. The van der Waals surface area contributed by atoms with Gasteiger partial charge in [0.25, 0.3) is 5.91 Å². The van der Waals surface area contributed by atoms with Crippen molar-refractivity contribution in [2.45, 2.75) is 32.4 Å². The standard InChI is InChI=1S/C17H17NO4/c1-2-15-13(7-8-22-15)16(19)18-10-12-6-4-3-5-11(12)9-14(18)17(20)21/h3-8,14H,2,9-10H2,1H3,(H,20,21). The van der Waals surface area contributed by atoms with Crippen LogP contribution in [-0.2, 0) is 24.2 Å². The van der Waals surface area contributed by atoms with E-state index in [1.165, 1.54) is 11.2 Å². The van der Waals surface area contributed by atoms with Crippen molar-refractivity contribution in [2.75, 3.05) is 0 Å². The first-order valence-corrected chi connectivity index (χ1v) is 7.28. The number of hydrogen-bond acceptors (Lipinski definition) is 3. The van der Waals surface area contributed by atoms with E-state index >= 15 is 0 Å². The Bertz CT molecular complexity index is 719. The number of carboxylic acids is 1. The molecule has 3 rings (SSSR count). The molecular weight excluding hydrogens is 282 g/mol. The van der Waals surface area contributed by atoms with Gasteiger partial charge in [-0.1, -0.05) is 31.2 Å². The Morgan fingerprint density at radius 1 is 1.27 bits per heavy atom. The van der Waals surface area contributed by atoms with Gasteiger partial charge in [-0.05, 0) is 17.2 Å². The zero-order valence-corrected chi connectivity index (χ0v) is 12.3. The van der Waals surface area contributed by atoms with Crippen LogP contribution in [0.15, 0.2) is 41.0 Å². The van der Waals surface area contributed by atoms with E-state index < -0.39 is 12.0 Å². The van der Waals surface area contributed by atoms with Gasteiger partial charge in [-0.2, -0.15) is 0 Å². The largest absolute Gasteiger partial charge is 0.480 e. The van der Waals surface area contributed by atoms with Crippen LogP contribution in [0.3, 0.4) is 0 Å². The van der Waals surface area contributed by atoms with Gasteiger partial charge >= 0.3 is 5.97 Å². The number of amides is 1. The minimum Gasteiger partial charge on any atom is -0.480 e. The Balaban J connectivity index is 1.97. The highest BCUT2D eigenvalue weighted by atomic mass is 16.4. The fraction of sp³-hybridized carbons (Fsp3) is 0.294. The quantitative estimate of drug-likeness (QED) is 0.945. The SMILES string of the molecule is CCc1occc1C(=O)N1Cc2ccccc2CC1C(=O)O. The molecule has 1 aliphatic heterocycles. The molecule has 1 aliphatic rings. The number of carbonyl (C=O) groups is 2. The zero-order chi connectivity index (χ0) is 15.7. The van der Waals surface area contributed by atoms with E-state index in [0.29, 0.717) is 30.7 Å². The van der Waals surface area contributed by atoms with E-state index in [1.54, 1.807) is 6.07 Å². The van der Waals surface area contributed by atoms with Gasteiger partial charge in [-0.15, -0.1) is 0 Å². The molecule has 5 heteroatoms. The van der Waals surface area contributed by atoms with E-state index in [4.69, 9.17) is 4.42 Å². The van der Waals surface area contributed by atoms with Crippen molar-refractivity contribution in [2.24, 2.45) is 0 Å². The third-order valence-corrected chi connectivity index (χ3v) is 4.09. The second-order valence-corrected chi connectivity index (χ2v) is 5.37. The summed E-state index contributed by atoms with van der Waals surface area (Å²) in [6, 6.07) is 8.41. The van der Waals surface area contributed by atoms with Crippen LogP contribution >= 0.6 is 0 Å². The summed E-state index contributed by atoms with van der Waals surface area (Å²) in [5.74, 6) is -0.676. The molecule has 1 N–H and O–H groups in total. The minimum atomic E-state index is -0.982. The number of carboxylic acid groups (broad SMARTS) is 1. The van der Waals surface area contributed by atoms with Crippen LogP contribution in [0.2, 0.25) is 0 Å². The van der Waals surface area contributed by atoms with Crippen LogP contribution in [0.25, 0.3) is 0 Å². The van der Waals surface area contributed by atoms with Crippen molar-refractivity contribution in [3.63, 3.8) is 0 Å². The number of rotatable bonds is 3. The van der Waals surface area contributed by atoms with Crippen molar-refractivity contribution in [3.05, 3.63) is 59.0 Å². The molecule has 1 aromatic heterocycles. The van der Waals surface area contributed by atoms with Gasteiger partial charge in [0, 0.05) is 19.4 Å². The maximum atomic E-state index is 12.8. The lowest BCUT2D eigenvalue weighted by atomic mass is 9.93. The highest BCUT2D eigenvalue weighted by molar-refractivity contribution is 5.97. The molecule has 0 aliphatic carbocycles.